The van der Waals surface area contributed by atoms with E-state index in [1.165, 1.54) is 15.0 Å². The van der Waals surface area contributed by atoms with Gasteiger partial charge in [-0.1, -0.05) is 36.4 Å². The summed E-state index contributed by atoms with van der Waals surface area (Å²) in [6, 6.07) is 20.9. The first-order valence-corrected chi connectivity index (χ1v) is 7.52. The van der Waals surface area contributed by atoms with Crippen LogP contribution >= 0.6 is 23.1 Å². The largest absolute Gasteiger partial charge is 0.144 e. The standard InChI is InChI=1S/C8H6S.C7H8S/c1-2-4-8-7(3-1)5-6-9-8;1-8-7-5-3-2-4-6-7/h1-6H;2-6H,1H3. The minimum Gasteiger partial charge on any atom is -0.144 e. The number of thioether (sulfide) groups is 1. The first kappa shape index (κ1) is 12.2. The van der Waals surface area contributed by atoms with Crippen LogP contribution in [0.2, 0.25) is 0 Å². The Labute approximate surface area is 110 Å². The summed E-state index contributed by atoms with van der Waals surface area (Å²) in [6.07, 6.45) is 2.08. The van der Waals surface area contributed by atoms with Crippen molar-refractivity contribution >= 4 is 33.2 Å². The van der Waals surface area contributed by atoms with Crippen LogP contribution in [0.3, 0.4) is 0 Å². The molecule has 0 fully saturated rings. The van der Waals surface area contributed by atoms with Gasteiger partial charge in [-0.05, 0) is 41.3 Å². The van der Waals surface area contributed by atoms with Crippen molar-refractivity contribution in [1.82, 2.24) is 0 Å². The summed E-state index contributed by atoms with van der Waals surface area (Å²) in [7, 11) is 0. The molecule has 0 aliphatic heterocycles. The fourth-order valence-electron chi connectivity index (χ4n) is 1.46. The average molecular weight is 258 g/mol. The summed E-state index contributed by atoms with van der Waals surface area (Å²) in [4.78, 5) is 1.33. The van der Waals surface area contributed by atoms with Gasteiger partial charge in [0.1, 0.15) is 0 Å². The topological polar surface area (TPSA) is 0 Å². The predicted octanol–water partition coefficient (Wildman–Crippen LogP) is 5.31. The van der Waals surface area contributed by atoms with Crippen molar-refractivity contribution in [3.05, 3.63) is 66.0 Å². The summed E-state index contributed by atoms with van der Waals surface area (Å²) in [6.45, 7) is 0. The van der Waals surface area contributed by atoms with E-state index in [4.69, 9.17) is 0 Å². The number of thiophene rings is 1. The predicted molar refractivity (Wildman–Crippen MR) is 80.0 cm³/mol. The van der Waals surface area contributed by atoms with Crippen molar-refractivity contribution in [2.75, 3.05) is 6.26 Å². The van der Waals surface area contributed by atoms with Gasteiger partial charge in [-0.15, -0.1) is 23.1 Å². The van der Waals surface area contributed by atoms with Gasteiger partial charge in [0.15, 0.2) is 0 Å². The van der Waals surface area contributed by atoms with Crippen LogP contribution in [-0.4, -0.2) is 6.26 Å². The molecule has 0 aliphatic carbocycles. The molecule has 0 amide bonds. The minimum atomic E-state index is 1.33. The van der Waals surface area contributed by atoms with Crippen molar-refractivity contribution in [2.45, 2.75) is 4.90 Å². The summed E-state index contributed by atoms with van der Waals surface area (Å²) in [5.41, 5.74) is 0. The van der Waals surface area contributed by atoms with Crippen LogP contribution in [0.4, 0.5) is 0 Å². The van der Waals surface area contributed by atoms with Crippen LogP contribution in [-0.2, 0) is 0 Å². The third-order valence-corrected chi connectivity index (χ3v) is 3.98. The molecule has 0 atom stereocenters. The molecule has 0 aliphatic rings. The lowest BCUT2D eigenvalue weighted by Gasteiger charge is -1.89. The highest BCUT2D eigenvalue weighted by Crippen LogP contribution is 2.18. The molecule has 0 unspecified atom stereocenters. The highest BCUT2D eigenvalue weighted by Gasteiger charge is 1.87. The average Bonchev–Trinajstić information content (AvgIpc) is 2.89. The zero-order chi connectivity index (χ0) is 11.9. The Morgan fingerprint density at radius 2 is 1.53 bits per heavy atom. The minimum absolute atomic E-state index is 1.33. The second kappa shape index (κ2) is 6.48. The summed E-state index contributed by atoms with van der Waals surface area (Å²) < 4.78 is 1.37. The zero-order valence-electron chi connectivity index (χ0n) is 9.67. The quantitative estimate of drug-likeness (QED) is 0.533. The fraction of sp³-hybridized carbons (Fsp3) is 0.0667. The summed E-state index contributed by atoms with van der Waals surface area (Å²) >= 11 is 3.56. The molecule has 2 heteroatoms. The number of rotatable bonds is 1. The van der Waals surface area contributed by atoms with Crippen LogP contribution in [0.1, 0.15) is 0 Å². The molecule has 0 spiro atoms. The molecule has 0 saturated heterocycles. The Morgan fingerprint density at radius 1 is 0.824 bits per heavy atom. The molecule has 86 valence electrons. The monoisotopic (exact) mass is 258 g/mol. The van der Waals surface area contributed by atoms with Gasteiger partial charge in [-0.2, -0.15) is 0 Å². The van der Waals surface area contributed by atoms with Gasteiger partial charge >= 0.3 is 0 Å². The maximum atomic E-state index is 2.14. The maximum Gasteiger partial charge on any atom is 0.0342 e. The molecule has 0 radical (unpaired) electrons. The molecule has 2 aromatic carbocycles. The van der Waals surface area contributed by atoms with Gasteiger partial charge in [0.25, 0.3) is 0 Å². The summed E-state index contributed by atoms with van der Waals surface area (Å²) in [5.74, 6) is 0. The molecule has 1 aromatic heterocycles. The highest BCUT2D eigenvalue weighted by molar-refractivity contribution is 7.98. The van der Waals surface area contributed by atoms with Gasteiger partial charge in [-0.3, -0.25) is 0 Å². The van der Waals surface area contributed by atoms with Gasteiger partial charge in [0.2, 0.25) is 0 Å². The van der Waals surface area contributed by atoms with Crippen LogP contribution < -0.4 is 0 Å². The lowest BCUT2D eigenvalue weighted by Crippen LogP contribution is -1.62. The Hall–Kier alpha value is -1.25. The van der Waals surface area contributed by atoms with Crippen LogP contribution in [0.25, 0.3) is 10.1 Å². The van der Waals surface area contributed by atoms with E-state index >= 15 is 0 Å². The van der Waals surface area contributed by atoms with E-state index < -0.39 is 0 Å². The first-order chi connectivity index (χ1) is 8.40. The molecular weight excluding hydrogens is 244 g/mol. The van der Waals surface area contributed by atoms with Gasteiger partial charge in [0, 0.05) is 9.60 Å². The Bertz CT molecular complexity index is 525. The first-order valence-electron chi connectivity index (χ1n) is 5.41. The highest BCUT2D eigenvalue weighted by atomic mass is 32.2. The lowest BCUT2D eigenvalue weighted by atomic mass is 10.3. The van der Waals surface area contributed by atoms with E-state index in [2.05, 4.69) is 54.1 Å². The Kier molecular flexibility index (Phi) is 4.65. The summed E-state index contributed by atoms with van der Waals surface area (Å²) in [5, 5.41) is 3.47. The second-order valence-electron chi connectivity index (χ2n) is 3.48. The maximum absolute atomic E-state index is 2.14. The Morgan fingerprint density at radius 3 is 2.18 bits per heavy atom. The molecule has 3 aromatic rings. The molecule has 0 N–H and O–H groups in total. The number of hydrogen-bond donors (Lipinski definition) is 0. The van der Waals surface area contributed by atoms with Crippen molar-refractivity contribution < 1.29 is 0 Å². The van der Waals surface area contributed by atoms with Crippen molar-refractivity contribution in [3.63, 3.8) is 0 Å². The van der Waals surface area contributed by atoms with Crippen molar-refractivity contribution in [3.8, 4) is 0 Å². The van der Waals surface area contributed by atoms with Gasteiger partial charge < -0.3 is 0 Å². The zero-order valence-corrected chi connectivity index (χ0v) is 11.3. The smallest absolute Gasteiger partial charge is 0.0342 e. The molecular formula is C15H14S2. The molecule has 17 heavy (non-hydrogen) atoms. The SMILES string of the molecule is CSc1ccccc1.c1ccc2sccc2c1. The van der Waals surface area contributed by atoms with Crippen LogP contribution in [0, 0.1) is 0 Å². The van der Waals surface area contributed by atoms with Gasteiger partial charge in [0.05, 0.1) is 0 Å². The lowest BCUT2D eigenvalue weighted by molar-refractivity contribution is 1.47. The van der Waals surface area contributed by atoms with Crippen molar-refractivity contribution in [2.24, 2.45) is 0 Å². The van der Waals surface area contributed by atoms with E-state index in [1.54, 1.807) is 23.1 Å². The van der Waals surface area contributed by atoms with Gasteiger partial charge in [-0.25, -0.2) is 0 Å². The molecule has 1 heterocycles. The van der Waals surface area contributed by atoms with Crippen LogP contribution in [0.5, 0.6) is 0 Å². The third kappa shape index (κ3) is 3.62. The molecule has 0 bridgehead atoms. The number of fused-ring (bicyclic) bond motifs is 1. The third-order valence-electron chi connectivity index (χ3n) is 2.34. The van der Waals surface area contributed by atoms with E-state index in [0.717, 1.165) is 0 Å². The number of hydrogen-bond acceptors (Lipinski definition) is 2. The number of benzene rings is 2. The molecule has 0 saturated carbocycles. The Balaban J connectivity index is 0.000000128. The fourth-order valence-corrected chi connectivity index (χ4v) is 2.68. The van der Waals surface area contributed by atoms with Crippen molar-refractivity contribution in [1.29, 1.82) is 0 Å². The normalized spacial score (nSPS) is 9.71. The van der Waals surface area contributed by atoms with E-state index in [1.807, 2.05) is 18.2 Å². The van der Waals surface area contributed by atoms with E-state index in [9.17, 15) is 0 Å². The molecule has 3 rings (SSSR count). The van der Waals surface area contributed by atoms with Crippen LogP contribution in [0.15, 0.2) is 70.9 Å². The van der Waals surface area contributed by atoms with E-state index in [0.29, 0.717) is 0 Å². The van der Waals surface area contributed by atoms with E-state index in [-0.39, 0.29) is 0 Å². The second-order valence-corrected chi connectivity index (χ2v) is 5.30. The molecule has 0 nitrogen and oxygen atoms in total.